The van der Waals surface area contributed by atoms with Crippen LogP contribution in [-0.4, -0.2) is 40.9 Å². The number of hydrazine groups is 1. The zero-order valence-electron chi connectivity index (χ0n) is 8.04. The fraction of sp³-hybridized carbons (Fsp3) is 0.714. The lowest BCUT2D eigenvalue weighted by atomic mass is 10.1. The summed E-state index contributed by atoms with van der Waals surface area (Å²) in [6.45, 7) is 0.865. The Morgan fingerprint density at radius 3 is 1.94 bits per heavy atom. The number of alkyl halides is 3. The van der Waals surface area contributed by atoms with E-state index in [-0.39, 0.29) is 0 Å². The Morgan fingerprint density at radius 1 is 1.25 bits per heavy atom. The van der Waals surface area contributed by atoms with Gasteiger partial charge in [-0.3, -0.25) is 10.2 Å². The molecule has 16 heavy (non-hydrogen) atoms. The molecule has 6 nitrogen and oxygen atoms in total. The van der Waals surface area contributed by atoms with E-state index in [0.717, 1.165) is 19.4 Å². The lowest BCUT2D eigenvalue weighted by Gasteiger charge is -2.19. The topological polar surface area (TPSA) is 98.7 Å². The van der Waals surface area contributed by atoms with Crippen LogP contribution in [0.1, 0.15) is 12.8 Å². The van der Waals surface area contributed by atoms with Crippen LogP contribution >= 0.6 is 0 Å². The Labute approximate surface area is 88.4 Å². The summed E-state index contributed by atoms with van der Waals surface area (Å²) in [4.78, 5) is 19.1. The van der Waals surface area contributed by atoms with E-state index in [1.165, 1.54) is 0 Å². The summed E-state index contributed by atoms with van der Waals surface area (Å²) in [6.07, 6.45) is -3.42. The molecule has 1 atom stereocenters. The number of halogens is 3. The first-order valence-electron chi connectivity index (χ1n) is 4.26. The van der Waals surface area contributed by atoms with Crippen LogP contribution in [0.15, 0.2) is 0 Å². The minimum Gasteiger partial charge on any atom is -0.480 e. The average Bonchev–Trinajstić information content (AvgIpc) is 2.18. The SMILES string of the molecule is O=C(O)C(F)(F)F.O=C(O)[C@@H]1CCCNN1. The van der Waals surface area contributed by atoms with Crippen molar-refractivity contribution in [3.05, 3.63) is 0 Å². The Hall–Kier alpha value is -1.35. The van der Waals surface area contributed by atoms with Gasteiger partial charge in [0.05, 0.1) is 0 Å². The summed E-state index contributed by atoms with van der Waals surface area (Å²) in [5, 5.41) is 15.6. The van der Waals surface area contributed by atoms with E-state index >= 15 is 0 Å². The van der Waals surface area contributed by atoms with Crippen molar-refractivity contribution in [2.45, 2.75) is 25.1 Å². The number of carbonyl (C=O) groups is 2. The second-order valence-corrected chi connectivity index (χ2v) is 2.91. The summed E-state index contributed by atoms with van der Waals surface area (Å²) < 4.78 is 31.7. The molecule has 0 aromatic carbocycles. The highest BCUT2D eigenvalue weighted by molar-refractivity contribution is 5.73. The number of hydrogen-bond donors (Lipinski definition) is 4. The lowest BCUT2D eigenvalue weighted by Crippen LogP contribution is -2.49. The largest absolute Gasteiger partial charge is 0.490 e. The first-order valence-corrected chi connectivity index (χ1v) is 4.26. The van der Waals surface area contributed by atoms with Crippen molar-refractivity contribution in [3.8, 4) is 0 Å². The van der Waals surface area contributed by atoms with Crippen LogP contribution in [0.4, 0.5) is 13.2 Å². The number of carboxylic acid groups (broad SMARTS) is 2. The third kappa shape index (κ3) is 6.19. The predicted molar refractivity (Wildman–Crippen MR) is 45.5 cm³/mol. The normalized spacial score (nSPS) is 20.6. The van der Waals surface area contributed by atoms with Gasteiger partial charge in [-0.25, -0.2) is 10.2 Å². The van der Waals surface area contributed by atoms with Gasteiger partial charge in [-0.2, -0.15) is 13.2 Å². The van der Waals surface area contributed by atoms with Crippen molar-refractivity contribution >= 4 is 11.9 Å². The summed E-state index contributed by atoms with van der Waals surface area (Å²) >= 11 is 0. The van der Waals surface area contributed by atoms with Gasteiger partial charge in [-0.05, 0) is 12.8 Å². The Balaban J connectivity index is 0.000000293. The molecular weight excluding hydrogens is 233 g/mol. The molecular formula is C7H11F3N2O4. The molecule has 1 fully saturated rings. The molecule has 0 aliphatic carbocycles. The molecule has 1 saturated heterocycles. The fourth-order valence-electron chi connectivity index (χ4n) is 0.847. The maximum atomic E-state index is 10.6. The summed E-state index contributed by atoms with van der Waals surface area (Å²) in [5.74, 6) is -3.53. The van der Waals surface area contributed by atoms with E-state index in [9.17, 15) is 18.0 Å². The van der Waals surface area contributed by atoms with Crippen LogP contribution < -0.4 is 10.9 Å². The standard InChI is InChI=1S/C5H10N2O2.C2HF3O2/c8-5(9)4-2-1-3-6-7-4;3-2(4,5)1(6)7/h4,6-7H,1-3H2,(H,8,9);(H,6,7)/t4-;/m0./s1. The van der Waals surface area contributed by atoms with Gasteiger partial charge in [0, 0.05) is 6.54 Å². The highest BCUT2D eigenvalue weighted by Gasteiger charge is 2.38. The minimum atomic E-state index is -5.08. The molecule has 1 heterocycles. The van der Waals surface area contributed by atoms with Gasteiger partial charge in [-0.1, -0.05) is 0 Å². The third-order valence-electron chi connectivity index (χ3n) is 1.61. The second-order valence-electron chi connectivity index (χ2n) is 2.91. The van der Waals surface area contributed by atoms with Crippen LogP contribution in [0.5, 0.6) is 0 Å². The second kappa shape index (κ2) is 6.28. The van der Waals surface area contributed by atoms with Crippen LogP contribution in [-0.2, 0) is 9.59 Å². The lowest BCUT2D eigenvalue weighted by molar-refractivity contribution is -0.192. The van der Waals surface area contributed by atoms with E-state index in [0.29, 0.717) is 0 Å². The number of aliphatic carboxylic acids is 2. The quantitative estimate of drug-likeness (QED) is 0.516. The molecule has 0 aromatic heterocycles. The Bertz CT molecular complexity index is 251. The van der Waals surface area contributed by atoms with Crippen molar-refractivity contribution < 1.29 is 33.0 Å². The van der Waals surface area contributed by atoms with E-state index in [1.54, 1.807) is 0 Å². The molecule has 0 saturated carbocycles. The van der Waals surface area contributed by atoms with E-state index in [1.807, 2.05) is 0 Å². The highest BCUT2D eigenvalue weighted by atomic mass is 19.4. The summed E-state index contributed by atoms with van der Waals surface area (Å²) in [6, 6.07) is -0.390. The van der Waals surface area contributed by atoms with Crippen molar-refractivity contribution in [1.82, 2.24) is 10.9 Å². The van der Waals surface area contributed by atoms with Gasteiger partial charge < -0.3 is 10.2 Å². The molecule has 94 valence electrons. The summed E-state index contributed by atoms with van der Waals surface area (Å²) in [7, 11) is 0. The molecule has 0 spiro atoms. The molecule has 1 aliphatic heterocycles. The van der Waals surface area contributed by atoms with Gasteiger partial charge >= 0.3 is 18.1 Å². The van der Waals surface area contributed by atoms with Crippen LogP contribution in [0.3, 0.4) is 0 Å². The van der Waals surface area contributed by atoms with Gasteiger partial charge in [0.25, 0.3) is 0 Å². The minimum absolute atomic E-state index is 0.390. The predicted octanol–water partition coefficient (Wildman–Crippen LogP) is -0.0391. The van der Waals surface area contributed by atoms with Crippen LogP contribution in [0, 0.1) is 0 Å². The molecule has 0 unspecified atom stereocenters. The van der Waals surface area contributed by atoms with Crippen molar-refractivity contribution in [2.24, 2.45) is 0 Å². The molecule has 1 rings (SSSR count). The molecule has 0 amide bonds. The molecule has 0 radical (unpaired) electrons. The number of carboxylic acids is 2. The molecule has 4 N–H and O–H groups in total. The Kier molecular flexibility index (Phi) is 5.75. The smallest absolute Gasteiger partial charge is 0.480 e. The zero-order chi connectivity index (χ0) is 12.8. The Morgan fingerprint density at radius 2 is 1.75 bits per heavy atom. The number of hydrogen-bond acceptors (Lipinski definition) is 4. The monoisotopic (exact) mass is 244 g/mol. The van der Waals surface area contributed by atoms with Crippen molar-refractivity contribution in [3.63, 3.8) is 0 Å². The van der Waals surface area contributed by atoms with Gasteiger partial charge in [0.1, 0.15) is 6.04 Å². The average molecular weight is 244 g/mol. The third-order valence-corrected chi connectivity index (χ3v) is 1.61. The van der Waals surface area contributed by atoms with E-state index < -0.39 is 24.2 Å². The maximum absolute atomic E-state index is 10.6. The maximum Gasteiger partial charge on any atom is 0.490 e. The van der Waals surface area contributed by atoms with Crippen molar-refractivity contribution in [2.75, 3.05) is 6.54 Å². The van der Waals surface area contributed by atoms with E-state index in [2.05, 4.69) is 10.9 Å². The highest BCUT2D eigenvalue weighted by Crippen LogP contribution is 2.13. The first-order chi connectivity index (χ1) is 7.25. The molecule has 9 heteroatoms. The molecule has 0 aromatic rings. The van der Waals surface area contributed by atoms with Crippen LogP contribution in [0.25, 0.3) is 0 Å². The zero-order valence-corrected chi connectivity index (χ0v) is 8.04. The van der Waals surface area contributed by atoms with Gasteiger partial charge in [-0.15, -0.1) is 0 Å². The fourth-order valence-corrected chi connectivity index (χ4v) is 0.847. The van der Waals surface area contributed by atoms with Crippen molar-refractivity contribution in [1.29, 1.82) is 0 Å². The van der Waals surface area contributed by atoms with Gasteiger partial charge in [0.2, 0.25) is 0 Å². The summed E-state index contributed by atoms with van der Waals surface area (Å²) in [5.41, 5.74) is 5.45. The molecule has 1 aliphatic rings. The van der Waals surface area contributed by atoms with Crippen LogP contribution in [0.2, 0.25) is 0 Å². The number of nitrogens with one attached hydrogen (secondary N) is 2. The first kappa shape index (κ1) is 14.6. The van der Waals surface area contributed by atoms with Gasteiger partial charge in [0.15, 0.2) is 0 Å². The van der Waals surface area contributed by atoms with E-state index in [4.69, 9.17) is 15.0 Å². The molecule has 0 bridgehead atoms. The number of rotatable bonds is 1.